The van der Waals surface area contributed by atoms with Gasteiger partial charge in [-0.2, -0.15) is 0 Å². The third-order valence-corrected chi connectivity index (χ3v) is 6.24. The van der Waals surface area contributed by atoms with Crippen LogP contribution in [0.1, 0.15) is 91.9 Å². The molecule has 1 unspecified atom stereocenters. The summed E-state index contributed by atoms with van der Waals surface area (Å²) >= 11 is 0. The SMILES string of the molecule is C=CC1=C(C=C)[N+](O)=C2C1=CC(C)(CCCCCCCCCC)CC2(C)C. The lowest BCUT2D eigenvalue weighted by atomic mass is 9.62. The van der Waals surface area contributed by atoms with Crippen LogP contribution in [0, 0.1) is 10.8 Å². The van der Waals surface area contributed by atoms with Crippen molar-refractivity contribution in [3.63, 3.8) is 0 Å². The zero-order valence-electron chi connectivity index (χ0n) is 18.1. The first-order valence-corrected chi connectivity index (χ1v) is 10.9. The maximum absolute atomic E-state index is 10.7. The molecule has 2 nitrogen and oxygen atoms in total. The molecule has 2 rings (SSSR count). The molecule has 0 saturated carbocycles. The van der Waals surface area contributed by atoms with E-state index in [1.54, 1.807) is 6.08 Å². The van der Waals surface area contributed by atoms with Crippen LogP contribution in [-0.4, -0.2) is 15.7 Å². The second-order valence-corrected chi connectivity index (χ2v) is 9.37. The van der Waals surface area contributed by atoms with Crippen LogP contribution < -0.4 is 0 Å². The molecule has 1 heterocycles. The summed E-state index contributed by atoms with van der Waals surface area (Å²) in [4.78, 5) is 0. The maximum Gasteiger partial charge on any atom is 0.265 e. The summed E-state index contributed by atoms with van der Waals surface area (Å²) in [7, 11) is 0. The molecule has 0 aromatic heterocycles. The number of fused-ring (bicyclic) bond motifs is 1. The number of allylic oxidation sites excluding steroid dienone is 5. The van der Waals surface area contributed by atoms with Crippen molar-refractivity contribution in [3.05, 3.63) is 48.2 Å². The average molecular weight is 371 g/mol. The molecular formula is C25H40NO+. The topological polar surface area (TPSA) is 23.2 Å². The van der Waals surface area contributed by atoms with E-state index >= 15 is 0 Å². The van der Waals surface area contributed by atoms with Gasteiger partial charge in [-0.1, -0.05) is 90.5 Å². The van der Waals surface area contributed by atoms with Crippen molar-refractivity contribution in [1.29, 1.82) is 0 Å². The third kappa shape index (κ3) is 4.83. The van der Waals surface area contributed by atoms with E-state index in [1.165, 1.54) is 62.5 Å². The van der Waals surface area contributed by atoms with Gasteiger partial charge in [0.25, 0.3) is 5.70 Å². The zero-order valence-corrected chi connectivity index (χ0v) is 18.1. The zero-order chi connectivity index (χ0) is 20.1. The highest BCUT2D eigenvalue weighted by Gasteiger charge is 2.51. The highest BCUT2D eigenvalue weighted by Crippen LogP contribution is 2.49. The van der Waals surface area contributed by atoms with Crippen molar-refractivity contribution in [2.45, 2.75) is 91.9 Å². The van der Waals surface area contributed by atoms with Gasteiger partial charge in [0, 0.05) is 10.8 Å². The summed E-state index contributed by atoms with van der Waals surface area (Å²) < 4.78 is 1.34. The van der Waals surface area contributed by atoms with E-state index in [1.807, 2.05) is 6.08 Å². The molecule has 0 fully saturated rings. The van der Waals surface area contributed by atoms with E-state index in [0.717, 1.165) is 29.0 Å². The Morgan fingerprint density at radius 3 is 2.15 bits per heavy atom. The highest BCUT2D eigenvalue weighted by molar-refractivity contribution is 6.07. The lowest BCUT2D eigenvalue weighted by molar-refractivity contribution is -0.735. The van der Waals surface area contributed by atoms with Crippen molar-refractivity contribution < 1.29 is 9.95 Å². The normalized spacial score (nSPS) is 24.1. The Kier molecular flexibility index (Phi) is 7.31. The van der Waals surface area contributed by atoms with Crippen molar-refractivity contribution >= 4 is 5.71 Å². The standard InChI is InChI=1S/C25H40NO/c1-7-10-11-12-13-14-15-16-17-25(6)18-21-20(8-2)22(9-3)26(27)23(21)24(4,5)19-25/h8-9,18,27H,2-3,7,10-17,19H2,1,4-6H3/q+1. The van der Waals surface area contributed by atoms with E-state index < -0.39 is 0 Å². The number of unbranched alkanes of at least 4 members (excludes halogenated alkanes) is 7. The predicted molar refractivity (Wildman–Crippen MR) is 116 cm³/mol. The van der Waals surface area contributed by atoms with E-state index in [2.05, 4.69) is 46.9 Å². The first-order chi connectivity index (χ1) is 12.8. The Hall–Kier alpha value is -1.57. The van der Waals surface area contributed by atoms with Crippen LogP contribution in [0.25, 0.3) is 0 Å². The molecule has 0 spiro atoms. The smallest absolute Gasteiger partial charge is 0.265 e. The number of nitrogens with zero attached hydrogens (tertiary/aromatic N) is 1. The van der Waals surface area contributed by atoms with Gasteiger partial charge >= 0.3 is 0 Å². The molecule has 150 valence electrons. The Balaban J connectivity index is 2.05. The number of hydrogen-bond donors (Lipinski definition) is 1. The molecule has 1 aliphatic carbocycles. The van der Waals surface area contributed by atoms with Crippen LogP contribution in [0.4, 0.5) is 0 Å². The molecule has 1 aliphatic heterocycles. The number of hydrogen-bond acceptors (Lipinski definition) is 1. The summed E-state index contributed by atoms with van der Waals surface area (Å²) in [6, 6.07) is 0. The van der Waals surface area contributed by atoms with Gasteiger partial charge in [-0.3, -0.25) is 5.21 Å². The van der Waals surface area contributed by atoms with E-state index in [0.29, 0.717) is 0 Å². The Morgan fingerprint density at radius 1 is 1.00 bits per heavy atom. The first kappa shape index (κ1) is 21.7. The van der Waals surface area contributed by atoms with Crippen molar-refractivity contribution in [3.8, 4) is 0 Å². The highest BCUT2D eigenvalue weighted by atomic mass is 16.5. The summed E-state index contributed by atoms with van der Waals surface area (Å²) in [5.41, 5.74) is 4.01. The van der Waals surface area contributed by atoms with Gasteiger partial charge < -0.3 is 0 Å². The average Bonchev–Trinajstić information content (AvgIpc) is 2.87. The minimum atomic E-state index is -0.0766. The van der Waals surface area contributed by atoms with Crippen LogP contribution in [0.15, 0.2) is 48.2 Å². The molecule has 0 aromatic carbocycles. The Bertz CT molecular complexity index is 662. The molecule has 0 saturated heterocycles. The first-order valence-electron chi connectivity index (χ1n) is 10.9. The summed E-state index contributed by atoms with van der Waals surface area (Å²) in [5, 5.41) is 10.7. The quantitative estimate of drug-likeness (QED) is 0.229. The molecular weight excluding hydrogens is 330 g/mol. The third-order valence-electron chi connectivity index (χ3n) is 6.24. The second kappa shape index (κ2) is 9.08. The van der Waals surface area contributed by atoms with Gasteiger partial charge in [-0.05, 0) is 32.1 Å². The van der Waals surface area contributed by atoms with Gasteiger partial charge in [0.05, 0.1) is 16.6 Å². The Morgan fingerprint density at radius 2 is 1.59 bits per heavy atom. The van der Waals surface area contributed by atoms with Crippen LogP contribution in [0.5, 0.6) is 0 Å². The molecule has 1 atom stereocenters. The van der Waals surface area contributed by atoms with Gasteiger partial charge in [-0.25, -0.2) is 0 Å². The van der Waals surface area contributed by atoms with Gasteiger partial charge in [-0.15, -0.1) is 0 Å². The molecule has 2 heteroatoms. The minimum Gasteiger partial charge on any atom is -0.284 e. The molecule has 27 heavy (non-hydrogen) atoms. The largest absolute Gasteiger partial charge is 0.284 e. The fourth-order valence-corrected chi connectivity index (χ4v) is 5.14. The number of hydroxylamine groups is 1. The molecule has 0 aromatic rings. The fraction of sp³-hybridized carbons (Fsp3) is 0.640. The van der Waals surface area contributed by atoms with Crippen molar-refractivity contribution in [1.82, 2.24) is 0 Å². The summed E-state index contributed by atoms with van der Waals surface area (Å²) in [6.07, 6.45) is 19.1. The number of rotatable bonds is 11. The maximum atomic E-state index is 10.7. The van der Waals surface area contributed by atoms with Crippen molar-refractivity contribution in [2.24, 2.45) is 10.8 Å². The molecule has 0 radical (unpaired) electrons. The van der Waals surface area contributed by atoms with Gasteiger partial charge in [0.1, 0.15) is 0 Å². The molecule has 0 bridgehead atoms. The van der Waals surface area contributed by atoms with Gasteiger partial charge in [0.15, 0.2) is 0 Å². The van der Waals surface area contributed by atoms with Gasteiger partial charge in [0.2, 0.25) is 5.71 Å². The van der Waals surface area contributed by atoms with E-state index in [9.17, 15) is 5.21 Å². The molecule has 2 aliphatic rings. The van der Waals surface area contributed by atoms with Crippen LogP contribution in [-0.2, 0) is 0 Å². The fourth-order valence-electron chi connectivity index (χ4n) is 5.14. The van der Waals surface area contributed by atoms with Crippen LogP contribution in [0.3, 0.4) is 0 Å². The monoisotopic (exact) mass is 370 g/mol. The summed E-state index contributed by atoms with van der Waals surface area (Å²) in [6.45, 7) is 17.0. The summed E-state index contributed by atoms with van der Waals surface area (Å²) in [5.74, 6) is 0. The Labute approximate surface area is 167 Å². The van der Waals surface area contributed by atoms with E-state index in [-0.39, 0.29) is 10.8 Å². The van der Waals surface area contributed by atoms with Crippen LogP contribution in [0.2, 0.25) is 0 Å². The lowest BCUT2D eigenvalue weighted by Gasteiger charge is -2.38. The second-order valence-electron chi connectivity index (χ2n) is 9.37. The van der Waals surface area contributed by atoms with Crippen molar-refractivity contribution in [2.75, 3.05) is 0 Å². The molecule has 1 N–H and O–H groups in total. The lowest BCUT2D eigenvalue weighted by Crippen LogP contribution is -2.39. The van der Waals surface area contributed by atoms with E-state index in [4.69, 9.17) is 0 Å². The molecule has 0 amide bonds. The minimum absolute atomic E-state index is 0.0766. The predicted octanol–water partition coefficient (Wildman–Crippen LogP) is 7.36. The van der Waals surface area contributed by atoms with Crippen LogP contribution >= 0.6 is 0 Å².